The second-order valence-electron chi connectivity index (χ2n) is 4.29. The first-order valence-corrected chi connectivity index (χ1v) is 6.16. The quantitative estimate of drug-likeness (QED) is 0.477. The Bertz CT molecular complexity index is 404. The molecule has 1 aromatic carbocycles. The third-order valence-corrected chi connectivity index (χ3v) is 2.81. The summed E-state index contributed by atoms with van der Waals surface area (Å²) in [4.78, 5) is 11.1. The zero-order valence-electron chi connectivity index (χ0n) is 11.0. The van der Waals surface area contributed by atoms with Gasteiger partial charge in [0.05, 0.1) is 7.11 Å². The molecule has 0 aromatic heterocycles. The van der Waals surface area contributed by atoms with Gasteiger partial charge in [-0.1, -0.05) is 18.2 Å². The molecule has 1 N–H and O–H groups in total. The molecule has 0 amide bonds. The van der Waals surface area contributed by atoms with E-state index in [0.717, 1.165) is 25.7 Å². The first-order chi connectivity index (χ1) is 8.63. The summed E-state index contributed by atoms with van der Waals surface area (Å²) < 4.78 is 4.62. The number of aromatic hydroxyl groups is 1. The molecule has 3 heteroatoms. The molecule has 0 unspecified atom stereocenters. The molecule has 0 bridgehead atoms. The summed E-state index contributed by atoms with van der Waals surface area (Å²) in [6.07, 6.45) is 5.90. The van der Waals surface area contributed by atoms with Crippen molar-refractivity contribution in [3.05, 3.63) is 41.5 Å². The van der Waals surface area contributed by atoms with E-state index < -0.39 is 0 Å². The van der Waals surface area contributed by atoms with E-state index in [1.54, 1.807) is 19.1 Å². The van der Waals surface area contributed by atoms with Gasteiger partial charge in [0.15, 0.2) is 0 Å². The number of methoxy groups -OCH3 is 1. The zero-order valence-corrected chi connectivity index (χ0v) is 11.0. The van der Waals surface area contributed by atoms with Crippen LogP contribution in [0.1, 0.15) is 31.7 Å². The highest BCUT2D eigenvalue weighted by atomic mass is 16.5. The highest BCUT2D eigenvalue weighted by Crippen LogP contribution is 2.12. The number of ether oxygens (including phenoxy) is 1. The maximum absolute atomic E-state index is 11.1. The van der Waals surface area contributed by atoms with Crippen LogP contribution in [0.4, 0.5) is 0 Å². The highest BCUT2D eigenvalue weighted by Gasteiger charge is 2.01. The average molecular weight is 248 g/mol. The second-order valence-corrected chi connectivity index (χ2v) is 4.29. The Balaban J connectivity index is 2.23. The lowest BCUT2D eigenvalue weighted by atomic mass is 10.1. The van der Waals surface area contributed by atoms with Crippen molar-refractivity contribution in [1.82, 2.24) is 0 Å². The summed E-state index contributed by atoms with van der Waals surface area (Å²) in [5, 5.41) is 9.15. The van der Waals surface area contributed by atoms with E-state index in [0.29, 0.717) is 11.3 Å². The molecule has 98 valence electrons. The smallest absolute Gasteiger partial charge is 0.333 e. The van der Waals surface area contributed by atoms with E-state index in [2.05, 4.69) is 4.74 Å². The molecule has 0 saturated heterocycles. The molecule has 0 fully saturated rings. The minimum atomic E-state index is -0.256. The van der Waals surface area contributed by atoms with Crippen molar-refractivity contribution in [2.75, 3.05) is 7.11 Å². The minimum Gasteiger partial charge on any atom is -0.508 e. The van der Waals surface area contributed by atoms with Crippen LogP contribution in [0, 0.1) is 0 Å². The molecule has 18 heavy (non-hydrogen) atoms. The molecular formula is C15H20O3. The summed E-state index contributed by atoms with van der Waals surface area (Å²) in [6, 6.07) is 7.28. The molecule has 0 radical (unpaired) electrons. The highest BCUT2D eigenvalue weighted by molar-refractivity contribution is 5.87. The fourth-order valence-corrected chi connectivity index (χ4v) is 1.70. The molecule has 0 atom stereocenters. The number of allylic oxidation sites excluding steroid dienone is 1. The van der Waals surface area contributed by atoms with Crippen molar-refractivity contribution < 1.29 is 14.6 Å². The number of phenols is 1. The summed E-state index contributed by atoms with van der Waals surface area (Å²) >= 11 is 0. The van der Waals surface area contributed by atoms with Gasteiger partial charge in [-0.15, -0.1) is 0 Å². The number of esters is 1. The van der Waals surface area contributed by atoms with Gasteiger partial charge in [-0.25, -0.2) is 4.79 Å². The first-order valence-electron chi connectivity index (χ1n) is 6.16. The van der Waals surface area contributed by atoms with Gasteiger partial charge >= 0.3 is 5.97 Å². The molecule has 0 aliphatic heterocycles. The third-order valence-electron chi connectivity index (χ3n) is 2.81. The molecule has 3 nitrogen and oxygen atoms in total. The summed E-state index contributed by atoms with van der Waals surface area (Å²) in [6.45, 7) is 1.77. The molecule has 0 aliphatic rings. The summed E-state index contributed by atoms with van der Waals surface area (Å²) in [5.41, 5.74) is 1.89. The van der Waals surface area contributed by atoms with Gasteiger partial charge < -0.3 is 9.84 Å². The van der Waals surface area contributed by atoms with Crippen LogP contribution in [0.15, 0.2) is 35.9 Å². The van der Waals surface area contributed by atoms with Crippen molar-refractivity contribution in [3.8, 4) is 5.75 Å². The standard InChI is InChI=1S/C15H20O3/c1-12(15(17)18-2)6-4-3-5-7-13-8-10-14(16)11-9-13/h6,8-11,16H,3-5,7H2,1-2H3. The Kier molecular flexibility index (Phi) is 5.98. The van der Waals surface area contributed by atoms with E-state index in [-0.39, 0.29) is 5.97 Å². The largest absolute Gasteiger partial charge is 0.508 e. The number of hydrogen-bond acceptors (Lipinski definition) is 3. The average Bonchev–Trinajstić information content (AvgIpc) is 2.39. The van der Waals surface area contributed by atoms with Gasteiger partial charge in [0.1, 0.15) is 5.75 Å². The Morgan fingerprint density at radius 3 is 2.56 bits per heavy atom. The predicted octanol–water partition coefficient (Wildman–Crippen LogP) is 3.22. The number of carbonyl (C=O) groups is 1. The number of aryl methyl sites for hydroxylation is 1. The van der Waals surface area contributed by atoms with Crippen molar-refractivity contribution in [2.45, 2.75) is 32.6 Å². The van der Waals surface area contributed by atoms with Crippen LogP contribution in [0.3, 0.4) is 0 Å². The Labute approximate surface area is 108 Å². The van der Waals surface area contributed by atoms with Gasteiger partial charge in [-0.05, 0) is 50.3 Å². The van der Waals surface area contributed by atoms with Gasteiger partial charge in [0.2, 0.25) is 0 Å². The van der Waals surface area contributed by atoms with E-state index in [1.807, 2.05) is 18.2 Å². The van der Waals surface area contributed by atoms with Gasteiger partial charge in [-0.2, -0.15) is 0 Å². The number of phenolic OH excluding ortho intramolecular Hbond substituents is 1. The third kappa shape index (κ3) is 5.04. The lowest BCUT2D eigenvalue weighted by Crippen LogP contribution is -2.01. The van der Waals surface area contributed by atoms with Crippen molar-refractivity contribution in [2.24, 2.45) is 0 Å². The maximum atomic E-state index is 11.1. The van der Waals surface area contributed by atoms with Crippen LogP contribution in [-0.2, 0) is 16.0 Å². The van der Waals surface area contributed by atoms with E-state index in [4.69, 9.17) is 5.11 Å². The lowest BCUT2D eigenvalue weighted by Gasteiger charge is -2.01. The van der Waals surface area contributed by atoms with Gasteiger partial charge in [-0.3, -0.25) is 0 Å². The van der Waals surface area contributed by atoms with E-state index in [9.17, 15) is 4.79 Å². The topological polar surface area (TPSA) is 46.5 Å². The van der Waals surface area contributed by atoms with Crippen molar-refractivity contribution >= 4 is 5.97 Å². The minimum absolute atomic E-state index is 0.256. The predicted molar refractivity (Wildman–Crippen MR) is 71.4 cm³/mol. The van der Waals surface area contributed by atoms with E-state index in [1.165, 1.54) is 12.7 Å². The molecule has 1 aromatic rings. The second kappa shape index (κ2) is 7.54. The zero-order chi connectivity index (χ0) is 13.4. The van der Waals surface area contributed by atoms with Crippen molar-refractivity contribution in [3.63, 3.8) is 0 Å². The molecule has 0 spiro atoms. The fraction of sp³-hybridized carbons (Fsp3) is 0.400. The number of carbonyl (C=O) groups excluding carboxylic acids is 1. The van der Waals surface area contributed by atoms with Crippen LogP contribution >= 0.6 is 0 Å². The number of unbranched alkanes of at least 4 members (excludes halogenated alkanes) is 2. The van der Waals surface area contributed by atoms with Crippen LogP contribution < -0.4 is 0 Å². The maximum Gasteiger partial charge on any atom is 0.333 e. The summed E-state index contributed by atoms with van der Waals surface area (Å²) in [7, 11) is 1.39. The van der Waals surface area contributed by atoms with Gasteiger partial charge in [0, 0.05) is 5.57 Å². The van der Waals surface area contributed by atoms with Crippen LogP contribution in [-0.4, -0.2) is 18.2 Å². The lowest BCUT2D eigenvalue weighted by molar-refractivity contribution is -0.136. The fourth-order valence-electron chi connectivity index (χ4n) is 1.70. The van der Waals surface area contributed by atoms with Crippen LogP contribution in [0.5, 0.6) is 5.75 Å². The molecular weight excluding hydrogens is 228 g/mol. The Hall–Kier alpha value is -1.77. The molecule has 0 aliphatic carbocycles. The van der Waals surface area contributed by atoms with Crippen LogP contribution in [0.2, 0.25) is 0 Å². The van der Waals surface area contributed by atoms with E-state index >= 15 is 0 Å². The number of hydrogen-bond donors (Lipinski definition) is 1. The monoisotopic (exact) mass is 248 g/mol. The molecule has 1 rings (SSSR count). The van der Waals surface area contributed by atoms with Crippen LogP contribution in [0.25, 0.3) is 0 Å². The van der Waals surface area contributed by atoms with Gasteiger partial charge in [0.25, 0.3) is 0 Å². The van der Waals surface area contributed by atoms with Crippen molar-refractivity contribution in [1.29, 1.82) is 0 Å². The first kappa shape index (κ1) is 14.3. The Morgan fingerprint density at radius 1 is 1.28 bits per heavy atom. The summed E-state index contributed by atoms with van der Waals surface area (Å²) in [5.74, 6) is 0.0453. The molecule has 0 heterocycles. The number of rotatable bonds is 6. The number of benzene rings is 1. The Morgan fingerprint density at radius 2 is 1.94 bits per heavy atom. The SMILES string of the molecule is COC(=O)C(C)=CCCCCc1ccc(O)cc1. The normalized spacial score (nSPS) is 11.3. The molecule has 0 saturated carbocycles.